The van der Waals surface area contributed by atoms with Gasteiger partial charge >= 0.3 is 5.97 Å². The van der Waals surface area contributed by atoms with E-state index in [1.807, 2.05) is 10.9 Å². The lowest BCUT2D eigenvalue weighted by atomic mass is 9.97. The van der Waals surface area contributed by atoms with Crippen molar-refractivity contribution in [1.82, 2.24) is 14.7 Å². The molecule has 1 aliphatic rings. The number of halogens is 1. The number of nitrogens with zero attached hydrogens (tertiary/aromatic N) is 3. The van der Waals surface area contributed by atoms with Crippen LogP contribution < -0.4 is 0 Å². The molecule has 1 fully saturated rings. The highest BCUT2D eigenvalue weighted by Gasteiger charge is 2.21. The highest BCUT2D eigenvalue weighted by atomic mass is 127. The summed E-state index contributed by atoms with van der Waals surface area (Å²) in [5.41, 5.74) is 0. The third-order valence-corrected chi connectivity index (χ3v) is 3.89. The van der Waals surface area contributed by atoms with Crippen molar-refractivity contribution < 1.29 is 9.53 Å². The van der Waals surface area contributed by atoms with Gasteiger partial charge in [0, 0.05) is 12.7 Å². The van der Waals surface area contributed by atoms with E-state index in [2.05, 4.69) is 43.5 Å². The Morgan fingerprint density at radius 2 is 2.28 bits per heavy atom. The number of piperidine rings is 1. The molecule has 2 rings (SSSR count). The molecule has 0 atom stereocenters. The molecule has 0 saturated carbocycles. The van der Waals surface area contributed by atoms with Gasteiger partial charge in [0.25, 0.3) is 0 Å². The highest BCUT2D eigenvalue weighted by Crippen LogP contribution is 2.19. The Bertz CT molecular complexity index is 400. The van der Waals surface area contributed by atoms with Crippen LogP contribution in [0.25, 0.3) is 0 Å². The van der Waals surface area contributed by atoms with Crippen LogP contribution in [-0.4, -0.2) is 47.4 Å². The topological polar surface area (TPSA) is 47.4 Å². The molecule has 1 aromatic heterocycles. The first kappa shape index (κ1) is 13.8. The summed E-state index contributed by atoms with van der Waals surface area (Å²) in [6.45, 7) is 3.34. The Balaban J connectivity index is 1.75. The van der Waals surface area contributed by atoms with Crippen molar-refractivity contribution in [2.75, 3.05) is 26.7 Å². The molecule has 100 valence electrons. The zero-order valence-electron chi connectivity index (χ0n) is 10.5. The van der Waals surface area contributed by atoms with Gasteiger partial charge in [-0.25, -0.2) is 0 Å². The quantitative estimate of drug-likeness (QED) is 0.599. The van der Waals surface area contributed by atoms with E-state index in [0.717, 1.165) is 32.5 Å². The zero-order valence-corrected chi connectivity index (χ0v) is 12.7. The number of likely N-dealkylation sites (tertiary alicyclic amines) is 1. The first-order chi connectivity index (χ1) is 8.67. The largest absolute Gasteiger partial charge is 0.468 e. The summed E-state index contributed by atoms with van der Waals surface area (Å²) in [5, 5.41) is 4.31. The molecular weight excluding hydrogens is 345 g/mol. The molecule has 0 radical (unpaired) electrons. The molecule has 0 N–H and O–H groups in total. The Labute approximate surface area is 121 Å². The van der Waals surface area contributed by atoms with E-state index in [1.54, 1.807) is 0 Å². The smallest absolute Gasteiger partial charge is 0.319 e. The van der Waals surface area contributed by atoms with Crippen molar-refractivity contribution in [3.63, 3.8) is 0 Å². The maximum absolute atomic E-state index is 11.2. The number of carbonyl (C=O) groups is 1. The van der Waals surface area contributed by atoms with Crippen LogP contribution in [0.4, 0.5) is 0 Å². The summed E-state index contributed by atoms with van der Waals surface area (Å²) in [6.07, 6.45) is 6.19. The SMILES string of the molecule is COC(=O)CN1CCC(Cn2cc(I)cn2)CC1. The summed E-state index contributed by atoms with van der Waals surface area (Å²) in [7, 11) is 1.44. The first-order valence-electron chi connectivity index (χ1n) is 6.14. The van der Waals surface area contributed by atoms with Crippen LogP contribution in [0.2, 0.25) is 0 Å². The van der Waals surface area contributed by atoms with Gasteiger partial charge in [0.15, 0.2) is 0 Å². The molecular formula is C12H18IN3O2. The van der Waals surface area contributed by atoms with E-state index in [-0.39, 0.29) is 5.97 Å². The fourth-order valence-corrected chi connectivity index (χ4v) is 2.72. The maximum atomic E-state index is 11.2. The van der Waals surface area contributed by atoms with E-state index < -0.39 is 0 Å². The van der Waals surface area contributed by atoms with Crippen LogP contribution in [0.15, 0.2) is 12.4 Å². The summed E-state index contributed by atoms with van der Waals surface area (Å²) in [4.78, 5) is 13.3. The van der Waals surface area contributed by atoms with Crippen LogP contribution in [0.5, 0.6) is 0 Å². The minimum absolute atomic E-state index is 0.143. The van der Waals surface area contributed by atoms with Crippen molar-refractivity contribution in [3.05, 3.63) is 16.0 Å². The predicted molar refractivity (Wildman–Crippen MR) is 76.1 cm³/mol. The second kappa shape index (κ2) is 6.51. The normalized spacial score (nSPS) is 17.9. The average molecular weight is 363 g/mol. The van der Waals surface area contributed by atoms with Crippen LogP contribution in [0.1, 0.15) is 12.8 Å². The van der Waals surface area contributed by atoms with Gasteiger partial charge in [0.1, 0.15) is 0 Å². The number of hydrogen-bond donors (Lipinski definition) is 0. The van der Waals surface area contributed by atoms with E-state index in [4.69, 9.17) is 0 Å². The van der Waals surface area contributed by atoms with Gasteiger partial charge in [0.05, 0.1) is 23.4 Å². The standard InChI is InChI=1S/C12H18IN3O2/c1-18-12(17)9-15-4-2-10(3-5-15)7-16-8-11(13)6-14-16/h6,8,10H,2-5,7,9H2,1H3. The van der Waals surface area contributed by atoms with Crippen LogP contribution in [0.3, 0.4) is 0 Å². The third kappa shape index (κ3) is 3.94. The van der Waals surface area contributed by atoms with Crippen molar-refractivity contribution >= 4 is 28.6 Å². The minimum Gasteiger partial charge on any atom is -0.468 e. The van der Waals surface area contributed by atoms with Gasteiger partial charge in [-0.3, -0.25) is 14.4 Å². The molecule has 6 heteroatoms. The third-order valence-electron chi connectivity index (χ3n) is 3.33. The molecule has 5 nitrogen and oxygen atoms in total. The Kier molecular flexibility index (Phi) is 4.99. The molecule has 1 saturated heterocycles. The molecule has 0 unspecified atom stereocenters. The molecule has 1 aliphatic heterocycles. The zero-order chi connectivity index (χ0) is 13.0. The lowest BCUT2D eigenvalue weighted by molar-refractivity contribution is -0.142. The van der Waals surface area contributed by atoms with E-state index >= 15 is 0 Å². The fraction of sp³-hybridized carbons (Fsp3) is 0.667. The highest BCUT2D eigenvalue weighted by molar-refractivity contribution is 14.1. The summed E-state index contributed by atoms with van der Waals surface area (Å²) < 4.78 is 7.88. The van der Waals surface area contributed by atoms with E-state index in [0.29, 0.717) is 12.5 Å². The second-order valence-electron chi connectivity index (χ2n) is 4.68. The predicted octanol–water partition coefficient (Wildman–Crippen LogP) is 1.37. The molecule has 0 aliphatic carbocycles. The van der Waals surface area contributed by atoms with Crippen LogP contribution in [-0.2, 0) is 16.1 Å². The van der Waals surface area contributed by atoms with Crippen LogP contribution >= 0.6 is 22.6 Å². The summed E-state index contributed by atoms with van der Waals surface area (Å²) in [5.74, 6) is 0.518. The molecule has 1 aromatic rings. The van der Waals surface area contributed by atoms with Crippen molar-refractivity contribution in [1.29, 1.82) is 0 Å². The van der Waals surface area contributed by atoms with E-state index in [9.17, 15) is 4.79 Å². The van der Waals surface area contributed by atoms with Crippen molar-refractivity contribution in [2.45, 2.75) is 19.4 Å². The van der Waals surface area contributed by atoms with Gasteiger partial charge in [-0.15, -0.1) is 0 Å². The number of ether oxygens (including phenoxy) is 1. The molecule has 0 amide bonds. The number of rotatable bonds is 4. The van der Waals surface area contributed by atoms with Gasteiger partial charge in [-0.1, -0.05) is 0 Å². The number of esters is 1. The lowest BCUT2D eigenvalue weighted by Gasteiger charge is -2.30. The van der Waals surface area contributed by atoms with Crippen molar-refractivity contribution in [2.24, 2.45) is 5.92 Å². The number of carbonyl (C=O) groups excluding carboxylic acids is 1. The average Bonchev–Trinajstić information content (AvgIpc) is 2.77. The molecule has 0 spiro atoms. The Morgan fingerprint density at radius 3 is 2.83 bits per heavy atom. The molecule has 2 heterocycles. The van der Waals surface area contributed by atoms with Gasteiger partial charge < -0.3 is 4.74 Å². The maximum Gasteiger partial charge on any atom is 0.319 e. The van der Waals surface area contributed by atoms with Gasteiger partial charge in [-0.05, 0) is 54.4 Å². The minimum atomic E-state index is -0.143. The lowest BCUT2D eigenvalue weighted by Crippen LogP contribution is -2.38. The summed E-state index contributed by atoms with van der Waals surface area (Å²) in [6, 6.07) is 0. The van der Waals surface area contributed by atoms with E-state index in [1.165, 1.54) is 10.7 Å². The first-order valence-corrected chi connectivity index (χ1v) is 7.22. The number of hydrogen-bond acceptors (Lipinski definition) is 4. The van der Waals surface area contributed by atoms with Gasteiger partial charge in [-0.2, -0.15) is 5.10 Å². The monoisotopic (exact) mass is 363 g/mol. The molecule has 18 heavy (non-hydrogen) atoms. The second-order valence-corrected chi connectivity index (χ2v) is 5.92. The molecule has 0 bridgehead atoms. The molecule has 0 aromatic carbocycles. The Morgan fingerprint density at radius 1 is 1.56 bits per heavy atom. The fourth-order valence-electron chi connectivity index (χ4n) is 2.28. The summed E-state index contributed by atoms with van der Waals surface area (Å²) >= 11 is 2.27. The van der Waals surface area contributed by atoms with Gasteiger partial charge in [0.2, 0.25) is 0 Å². The number of methoxy groups -OCH3 is 1. The Hall–Kier alpha value is -0.630. The van der Waals surface area contributed by atoms with Crippen LogP contribution in [0, 0.1) is 9.49 Å². The van der Waals surface area contributed by atoms with Crippen molar-refractivity contribution in [3.8, 4) is 0 Å². The number of aromatic nitrogens is 2.